The topological polar surface area (TPSA) is 35.2 Å². The Morgan fingerprint density at radius 1 is 1.00 bits per heavy atom. The van der Waals surface area contributed by atoms with Gasteiger partial charge in [0.1, 0.15) is 5.75 Å². The fourth-order valence-corrected chi connectivity index (χ4v) is 2.57. The molecule has 20 heavy (non-hydrogen) atoms. The van der Waals surface area contributed by atoms with E-state index in [1.807, 2.05) is 0 Å². The highest BCUT2D eigenvalue weighted by Crippen LogP contribution is 2.28. The molecule has 0 spiro atoms. The molecule has 0 aromatic heterocycles. The molecular formula is C16H21F2NO. The van der Waals surface area contributed by atoms with Crippen LogP contribution in [0.4, 0.5) is 8.78 Å². The summed E-state index contributed by atoms with van der Waals surface area (Å²) in [5, 5.41) is 0. The van der Waals surface area contributed by atoms with Crippen molar-refractivity contribution in [2.75, 3.05) is 0 Å². The standard InChI is InChI=1S/C16H21F2NO/c17-16(18)20-14-10-8-13(9-11-14)15(19)12-6-4-2-1-3-5-7-12/h6,8-11,15-16H,1-5,7,19H2/b12-6+. The third-order valence-corrected chi connectivity index (χ3v) is 3.69. The van der Waals surface area contributed by atoms with Crippen molar-refractivity contribution < 1.29 is 13.5 Å². The molecule has 0 saturated heterocycles. The summed E-state index contributed by atoms with van der Waals surface area (Å²) in [6.07, 6.45) is 9.28. The lowest BCUT2D eigenvalue weighted by Crippen LogP contribution is -2.14. The van der Waals surface area contributed by atoms with Gasteiger partial charge in [0.05, 0.1) is 6.04 Å². The van der Waals surface area contributed by atoms with Crippen molar-refractivity contribution in [2.45, 2.75) is 51.2 Å². The van der Waals surface area contributed by atoms with Gasteiger partial charge < -0.3 is 10.5 Å². The lowest BCUT2D eigenvalue weighted by atomic mass is 9.91. The fraction of sp³-hybridized carbons (Fsp3) is 0.500. The first-order valence-corrected chi connectivity index (χ1v) is 7.16. The Bertz CT molecular complexity index is 442. The Morgan fingerprint density at radius 2 is 1.70 bits per heavy atom. The molecule has 110 valence electrons. The summed E-state index contributed by atoms with van der Waals surface area (Å²) in [4.78, 5) is 0. The number of halogens is 2. The summed E-state index contributed by atoms with van der Waals surface area (Å²) in [7, 11) is 0. The van der Waals surface area contributed by atoms with Gasteiger partial charge in [0.2, 0.25) is 0 Å². The molecule has 1 aromatic carbocycles. The number of alkyl halides is 2. The van der Waals surface area contributed by atoms with E-state index in [0.29, 0.717) is 0 Å². The number of allylic oxidation sites excluding steroid dienone is 1. The van der Waals surface area contributed by atoms with E-state index in [0.717, 1.165) is 18.4 Å². The summed E-state index contributed by atoms with van der Waals surface area (Å²) >= 11 is 0. The van der Waals surface area contributed by atoms with E-state index in [1.54, 1.807) is 24.3 Å². The molecule has 4 heteroatoms. The number of ether oxygens (including phenoxy) is 1. The van der Waals surface area contributed by atoms with Crippen molar-refractivity contribution >= 4 is 0 Å². The normalized spacial score (nSPS) is 20.7. The third kappa shape index (κ3) is 4.30. The Balaban J connectivity index is 2.05. The lowest BCUT2D eigenvalue weighted by molar-refractivity contribution is -0.0498. The summed E-state index contributed by atoms with van der Waals surface area (Å²) in [5.74, 6) is 0.169. The average Bonchev–Trinajstić information content (AvgIpc) is 2.38. The van der Waals surface area contributed by atoms with Crippen molar-refractivity contribution in [2.24, 2.45) is 5.73 Å². The predicted molar refractivity (Wildman–Crippen MR) is 75.8 cm³/mol. The molecule has 2 nitrogen and oxygen atoms in total. The van der Waals surface area contributed by atoms with Crippen LogP contribution < -0.4 is 10.5 Å². The highest BCUT2D eigenvalue weighted by Gasteiger charge is 2.13. The van der Waals surface area contributed by atoms with Gasteiger partial charge in [0.25, 0.3) is 0 Å². The fourth-order valence-electron chi connectivity index (χ4n) is 2.57. The van der Waals surface area contributed by atoms with Crippen molar-refractivity contribution in [3.63, 3.8) is 0 Å². The molecule has 1 aliphatic rings. The molecule has 0 heterocycles. The summed E-state index contributed by atoms with van der Waals surface area (Å²) in [6, 6.07) is 6.48. The molecule has 0 radical (unpaired) electrons. The van der Waals surface area contributed by atoms with Crippen LogP contribution in [0.25, 0.3) is 0 Å². The number of nitrogens with two attached hydrogens (primary N) is 1. The van der Waals surface area contributed by atoms with Gasteiger partial charge in [-0.3, -0.25) is 0 Å². The van der Waals surface area contributed by atoms with E-state index in [2.05, 4.69) is 10.8 Å². The van der Waals surface area contributed by atoms with Crippen LogP contribution in [-0.4, -0.2) is 6.61 Å². The second-order valence-electron chi connectivity index (χ2n) is 5.16. The maximum Gasteiger partial charge on any atom is 0.387 e. The van der Waals surface area contributed by atoms with E-state index in [4.69, 9.17) is 5.73 Å². The number of hydrogen-bond acceptors (Lipinski definition) is 2. The molecule has 0 amide bonds. The molecule has 0 saturated carbocycles. The largest absolute Gasteiger partial charge is 0.435 e. The number of rotatable bonds is 4. The second-order valence-corrected chi connectivity index (χ2v) is 5.16. The third-order valence-electron chi connectivity index (χ3n) is 3.69. The first-order chi connectivity index (χ1) is 9.66. The minimum Gasteiger partial charge on any atom is -0.435 e. The molecule has 1 aromatic rings. The Hall–Kier alpha value is -1.42. The van der Waals surface area contributed by atoms with Crippen LogP contribution in [0.15, 0.2) is 35.9 Å². The Labute approximate surface area is 118 Å². The van der Waals surface area contributed by atoms with Gasteiger partial charge in [-0.25, -0.2) is 0 Å². The summed E-state index contributed by atoms with van der Waals surface area (Å²) in [6.45, 7) is -2.79. The minimum atomic E-state index is -2.79. The molecular weight excluding hydrogens is 260 g/mol. The van der Waals surface area contributed by atoms with Crippen LogP contribution in [0.5, 0.6) is 5.75 Å². The minimum absolute atomic E-state index is 0.145. The molecule has 0 fully saturated rings. The van der Waals surface area contributed by atoms with E-state index >= 15 is 0 Å². The lowest BCUT2D eigenvalue weighted by Gasteiger charge is -2.19. The van der Waals surface area contributed by atoms with Gasteiger partial charge >= 0.3 is 6.61 Å². The van der Waals surface area contributed by atoms with Crippen LogP contribution >= 0.6 is 0 Å². The zero-order valence-electron chi connectivity index (χ0n) is 11.5. The van der Waals surface area contributed by atoms with E-state index in [-0.39, 0.29) is 11.8 Å². The van der Waals surface area contributed by atoms with Gasteiger partial charge in [-0.15, -0.1) is 0 Å². The molecule has 1 aliphatic carbocycles. The van der Waals surface area contributed by atoms with Gasteiger partial charge in [-0.05, 0) is 43.4 Å². The molecule has 0 bridgehead atoms. The summed E-state index contributed by atoms with van der Waals surface area (Å²) < 4.78 is 28.5. The zero-order valence-corrected chi connectivity index (χ0v) is 11.5. The van der Waals surface area contributed by atoms with Crippen LogP contribution in [-0.2, 0) is 0 Å². The monoisotopic (exact) mass is 281 g/mol. The first-order valence-electron chi connectivity index (χ1n) is 7.16. The van der Waals surface area contributed by atoms with E-state index < -0.39 is 6.61 Å². The maximum absolute atomic E-state index is 12.1. The molecule has 1 atom stereocenters. The predicted octanol–water partition coefficient (Wildman–Crippen LogP) is 4.57. The highest BCUT2D eigenvalue weighted by atomic mass is 19.3. The molecule has 2 N–H and O–H groups in total. The van der Waals surface area contributed by atoms with Crippen molar-refractivity contribution in [1.82, 2.24) is 0 Å². The maximum atomic E-state index is 12.1. The van der Waals surface area contributed by atoms with E-state index in [9.17, 15) is 8.78 Å². The van der Waals surface area contributed by atoms with Crippen molar-refractivity contribution in [3.8, 4) is 5.75 Å². The van der Waals surface area contributed by atoms with Crippen molar-refractivity contribution in [3.05, 3.63) is 41.5 Å². The van der Waals surface area contributed by atoms with Gasteiger partial charge in [-0.1, -0.05) is 36.6 Å². The van der Waals surface area contributed by atoms with Crippen LogP contribution in [0.2, 0.25) is 0 Å². The average molecular weight is 281 g/mol. The molecule has 1 unspecified atom stereocenters. The highest BCUT2D eigenvalue weighted by molar-refractivity contribution is 5.33. The number of hydrogen-bond donors (Lipinski definition) is 1. The van der Waals surface area contributed by atoms with Crippen LogP contribution in [0.3, 0.4) is 0 Å². The van der Waals surface area contributed by atoms with Crippen LogP contribution in [0.1, 0.15) is 50.1 Å². The van der Waals surface area contributed by atoms with E-state index in [1.165, 1.54) is 31.3 Å². The zero-order chi connectivity index (χ0) is 14.4. The van der Waals surface area contributed by atoms with Gasteiger partial charge in [0, 0.05) is 0 Å². The molecule has 2 rings (SSSR count). The first kappa shape index (κ1) is 15.0. The number of benzene rings is 1. The Kier molecular flexibility index (Phi) is 5.53. The summed E-state index contributed by atoms with van der Waals surface area (Å²) in [5.41, 5.74) is 8.48. The van der Waals surface area contributed by atoms with Crippen molar-refractivity contribution in [1.29, 1.82) is 0 Å². The Morgan fingerprint density at radius 3 is 2.40 bits per heavy atom. The van der Waals surface area contributed by atoms with Gasteiger partial charge in [0.15, 0.2) is 0 Å². The SMILES string of the molecule is NC(/C1=C/CCCCCC1)c1ccc(OC(F)F)cc1. The quantitative estimate of drug-likeness (QED) is 0.821. The molecule has 0 aliphatic heterocycles. The van der Waals surface area contributed by atoms with Crippen LogP contribution in [0, 0.1) is 0 Å². The second kappa shape index (κ2) is 7.39. The smallest absolute Gasteiger partial charge is 0.387 e. The van der Waals surface area contributed by atoms with Gasteiger partial charge in [-0.2, -0.15) is 8.78 Å².